The van der Waals surface area contributed by atoms with Gasteiger partial charge in [0.2, 0.25) is 0 Å². The van der Waals surface area contributed by atoms with Gasteiger partial charge in [-0.05, 0) is 64.3 Å². The van der Waals surface area contributed by atoms with Crippen LogP contribution in [0.2, 0.25) is 0 Å². The fourth-order valence-corrected chi connectivity index (χ4v) is 4.26. The maximum absolute atomic E-state index is 15.1. The van der Waals surface area contributed by atoms with Gasteiger partial charge in [-0.15, -0.1) is 0 Å². The molecule has 3 nitrogen and oxygen atoms in total. The molecule has 1 aliphatic carbocycles. The molecule has 1 aromatic heterocycles. The van der Waals surface area contributed by atoms with Crippen molar-refractivity contribution >= 4 is 34.0 Å². The van der Waals surface area contributed by atoms with Crippen LogP contribution in [0.1, 0.15) is 46.1 Å². The van der Waals surface area contributed by atoms with Gasteiger partial charge in [-0.25, -0.2) is 4.39 Å². The topological polar surface area (TPSA) is 23.4 Å². The molecule has 0 N–H and O–H groups in total. The molecule has 2 aliphatic rings. The zero-order valence-electron chi connectivity index (χ0n) is 15.9. The molecular formula is C20H24BBrFNO2. The van der Waals surface area contributed by atoms with Gasteiger partial charge >= 0.3 is 7.12 Å². The molecule has 2 fully saturated rings. The number of benzene rings is 1. The number of rotatable bonds is 3. The summed E-state index contributed by atoms with van der Waals surface area (Å²) in [5, 5.41) is 1.16. The van der Waals surface area contributed by atoms with Crippen LogP contribution < -0.4 is 0 Å². The van der Waals surface area contributed by atoms with E-state index in [1.54, 1.807) is 6.08 Å². The highest BCUT2D eigenvalue weighted by Crippen LogP contribution is 2.54. The molecule has 0 bridgehead atoms. The largest absolute Gasteiger partial charge is 0.524 e. The Morgan fingerprint density at radius 3 is 2.38 bits per heavy atom. The summed E-state index contributed by atoms with van der Waals surface area (Å²) in [6.07, 6.45) is 5.71. The van der Waals surface area contributed by atoms with Crippen molar-refractivity contribution in [1.29, 1.82) is 0 Å². The van der Waals surface area contributed by atoms with Crippen LogP contribution in [0.5, 0.6) is 0 Å². The van der Waals surface area contributed by atoms with Crippen LogP contribution in [0.3, 0.4) is 0 Å². The second-order valence-electron chi connectivity index (χ2n) is 8.56. The van der Waals surface area contributed by atoms with E-state index in [2.05, 4.69) is 32.8 Å². The number of aryl methyl sites for hydroxylation is 1. The highest BCUT2D eigenvalue weighted by atomic mass is 79.9. The molecule has 0 radical (unpaired) electrons. The van der Waals surface area contributed by atoms with Crippen LogP contribution in [0.4, 0.5) is 4.39 Å². The van der Waals surface area contributed by atoms with E-state index >= 15 is 4.39 Å². The molecule has 1 saturated heterocycles. The zero-order valence-corrected chi connectivity index (χ0v) is 17.5. The molecule has 4 rings (SSSR count). The highest BCUT2D eigenvalue weighted by Gasteiger charge is 2.54. The molecule has 1 aliphatic heterocycles. The van der Waals surface area contributed by atoms with Gasteiger partial charge in [0, 0.05) is 34.0 Å². The summed E-state index contributed by atoms with van der Waals surface area (Å²) >= 11 is 3.67. The van der Waals surface area contributed by atoms with Crippen molar-refractivity contribution in [3.8, 4) is 0 Å². The number of aromatic nitrogens is 1. The van der Waals surface area contributed by atoms with Crippen LogP contribution in [0.25, 0.3) is 10.9 Å². The minimum atomic E-state index is -0.934. The summed E-state index contributed by atoms with van der Waals surface area (Å²) in [6.45, 7) is 7.76. The number of fused-ring (bicyclic) bond motifs is 1. The monoisotopic (exact) mass is 419 g/mol. The Balaban J connectivity index is 1.72. The van der Waals surface area contributed by atoms with Gasteiger partial charge in [0.1, 0.15) is 5.73 Å². The molecule has 0 spiro atoms. The Kier molecular flexibility index (Phi) is 4.00. The summed E-state index contributed by atoms with van der Waals surface area (Å²) in [4.78, 5) is 0. The lowest BCUT2D eigenvalue weighted by molar-refractivity contribution is 0.00578. The fourth-order valence-electron chi connectivity index (χ4n) is 3.69. The maximum Gasteiger partial charge on any atom is 0.524 e. The molecule has 26 heavy (non-hydrogen) atoms. The van der Waals surface area contributed by atoms with Crippen LogP contribution in [-0.4, -0.2) is 22.9 Å². The van der Waals surface area contributed by atoms with Crippen molar-refractivity contribution in [3.63, 3.8) is 0 Å². The fraction of sp³-hybridized carbons (Fsp3) is 0.500. The Morgan fingerprint density at radius 1 is 1.19 bits per heavy atom. The van der Waals surface area contributed by atoms with Crippen molar-refractivity contribution in [1.82, 2.24) is 4.57 Å². The second-order valence-corrected chi connectivity index (χ2v) is 9.42. The van der Waals surface area contributed by atoms with E-state index in [0.717, 1.165) is 33.8 Å². The van der Waals surface area contributed by atoms with E-state index in [1.807, 2.05) is 46.9 Å². The summed E-state index contributed by atoms with van der Waals surface area (Å²) in [6, 6.07) is 6.15. The molecule has 1 aromatic carbocycles. The predicted octanol–water partition coefficient (Wildman–Crippen LogP) is 5.46. The Morgan fingerprint density at radius 2 is 1.81 bits per heavy atom. The molecule has 2 heterocycles. The summed E-state index contributed by atoms with van der Waals surface area (Å²) in [7, 11) is 1.10. The molecular weight excluding hydrogens is 396 g/mol. The van der Waals surface area contributed by atoms with Gasteiger partial charge in [-0.3, -0.25) is 0 Å². The lowest BCUT2D eigenvalue weighted by Gasteiger charge is -2.32. The first-order valence-electron chi connectivity index (χ1n) is 9.04. The van der Waals surface area contributed by atoms with E-state index in [4.69, 9.17) is 9.31 Å². The van der Waals surface area contributed by atoms with Gasteiger partial charge in [-0.2, -0.15) is 0 Å². The van der Waals surface area contributed by atoms with Gasteiger partial charge in [0.05, 0.1) is 11.2 Å². The van der Waals surface area contributed by atoms with E-state index in [1.165, 1.54) is 0 Å². The van der Waals surface area contributed by atoms with Crippen LogP contribution in [0.15, 0.2) is 40.7 Å². The molecule has 1 saturated carbocycles. The normalized spacial score (nSPS) is 23.7. The SMILES string of the molecule is Cn1cc(C2(C=C(F)B3OC(C)(C)C(C)(C)O3)CC2)c2c(Br)cccc21. The third kappa shape index (κ3) is 2.69. The summed E-state index contributed by atoms with van der Waals surface area (Å²) in [5.41, 5.74) is 0.616. The third-order valence-electron chi connectivity index (χ3n) is 6.18. The quantitative estimate of drug-likeness (QED) is 0.616. The Labute approximate surface area is 162 Å². The Bertz CT molecular complexity index is 898. The molecule has 2 aromatic rings. The molecule has 6 heteroatoms. The molecule has 0 amide bonds. The van der Waals surface area contributed by atoms with Crippen molar-refractivity contribution in [2.24, 2.45) is 7.05 Å². The summed E-state index contributed by atoms with van der Waals surface area (Å²) in [5.74, 6) is 0. The molecule has 0 atom stereocenters. The van der Waals surface area contributed by atoms with Crippen molar-refractivity contribution in [2.75, 3.05) is 0 Å². The maximum atomic E-state index is 15.1. The number of allylic oxidation sites excluding steroid dienone is 1. The zero-order chi connectivity index (χ0) is 18.9. The first kappa shape index (κ1) is 18.3. The number of nitrogens with zero attached hydrogens (tertiary/aromatic N) is 1. The van der Waals surface area contributed by atoms with Crippen molar-refractivity contribution < 1.29 is 13.7 Å². The van der Waals surface area contributed by atoms with Crippen molar-refractivity contribution in [3.05, 3.63) is 46.2 Å². The highest BCUT2D eigenvalue weighted by molar-refractivity contribution is 9.10. The van der Waals surface area contributed by atoms with Gasteiger partial charge < -0.3 is 13.9 Å². The predicted molar refractivity (Wildman–Crippen MR) is 107 cm³/mol. The number of hydrogen-bond donors (Lipinski definition) is 0. The molecule has 0 unspecified atom stereocenters. The Hall–Kier alpha value is -1.11. The lowest BCUT2D eigenvalue weighted by atomic mass is 9.83. The van der Waals surface area contributed by atoms with E-state index in [9.17, 15) is 0 Å². The first-order valence-corrected chi connectivity index (χ1v) is 9.84. The number of halogens is 2. The van der Waals surface area contributed by atoms with Gasteiger partial charge in [-0.1, -0.05) is 22.0 Å². The first-order chi connectivity index (χ1) is 12.1. The summed E-state index contributed by atoms with van der Waals surface area (Å²) < 4.78 is 30.0. The molecule has 138 valence electrons. The number of hydrogen-bond acceptors (Lipinski definition) is 2. The third-order valence-corrected chi connectivity index (χ3v) is 6.84. The van der Waals surface area contributed by atoms with Crippen LogP contribution in [0, 0.1) is 0 Å². The van der Waals surface area contributed by atoms with Crippen LogP contribution >= 0.6 is 15.9 Å². The van der Waals surface area contributed by atoms with Gasteiger partial charge in [0.15, 0.2) is 0 Å². The van der Waals surface area contributed by atoms with E-state index in [-0.39, 0.29) is 11.1 Å². The second kappa shape index (κ2) is 5.70. The average molecular weight is 420 g/mol. The average Bonchev–Trinajstić information content (AvgIpc) is 3.17. The van der Waals surface area contributed by atoms with Gasteiger partial charge in [0.25, 0.3) is 0 Å². The van der Waals surface area contributed by atoms with E-state index in [0.29, 0.717) is 0 Å². The standard InChI is InChI=1S/C20H24BBrFNO2/c1-18(2)19(3,4)26-21(25-18)16(23)11-20(9-10-20)13-12-24(5)15-8-6-7-14(22)17(13)15/h6-8,11-12H,9-10H2,1-5H3. The lowest BCUT2D eigenvalue weighted by Crippen LogP contribution is -2.41. The van der Waals surface area contributed by atoms with E-state index < -0.39 is 18.3 Å². The van der Waals surface area contributed by atoms with Crippen LogP contribution in [-0.2, 0) is 21.8 Å². The minimum Gasteiger partial charge on any atom is -0.398 e. The smallest absolute Gasteiger partial charge is 0.398 e. The minimum absolute atomic E-state index is 0.281. The van der Waals surface area contributed by atoms with Crippen molar-refractivity contribution in [2.45, 2.75) is 57.2 Å².